The summed E-state index contributed by atoms with van der Waals surface area (Å²) < 4.78 is 6.27. The molecule has 0 aromatic heterocycles. The predicted octanol–water partition coefficient (Wildman–Crippen LogP) is 2.36. The lowest BCUT2D eigenvalue weighted by Gasteiger charge is -2.35. The van der Waals surface area contributed by atoms with Gasteiger partial charge in [-0.25, -0.2) is 0 Å². The summed E-state index contributed by atoms with van der Waals surface area (Å²) in [6.45, 7) is 6.83. The van der Waals surface area contributed by atoms with Gasteiger partial charge in [0.25, 0.3) is 0 Å². The van der Waals surface area contributed by atoms with Crippen molar-refractivity contribution in [1.29, 1.82) is 0 Å². The van der Waals surface area contributed by atoms with Gasteiger partial charge in [-0.2, -0.15) is 0 Å². The van der Waals surface area contributed by atoms with Gasteiger partial charge in [-0.1, -0.05) is 54.6 Å². The van der Waals surface area contributed by atoms with Crippen LogP contribution in [-0.2, 0) is 9.53 Å². The fourth-order valence-corrected chi connectivity index (χ4v) is 4.27. The van der Waals surface area contributed by atoms with Crippen LogP contribution in [0.5, 0.6) is 0 Å². The number of aryl methyl sites for hydroxylation is 1. The van der Waals surface area contributed by atoms with E-state index >= 15 is 0 Å². The van der Waals surface area contributed by atoms with Crippen molar-refractivity contribution in [3.8, 4) is 0 Å². The highest BCUT2D eigenvalue weighted by Crippen LogP contribution is 2.28. The fourth-order valence-electron chi connectivity index (χ4n) is 4.27. The lowest BCUT2D eigenvalue weighted by molar-refractivity contribution is -0.122. The maximum absolute atomic E-state index is 12.0. The third kappa shape index (κ3) is 6.62. The van der Waals surface area contributed by atoms with Crippen LogP contribution in [0.15, 0.2) is 54.6 Å². The van der Waals surface area contributed by atoms with E-state index in [1.54, 1.807) is 0 Å². The summed E-state index contributed by atoms with van der Waals surface area (Å²) in [6.07, 6.45) is 1.48. The number of β-amino-alcohol motifs (C(OH)–C–C–N with tert-alkyl or cyclic N) is 1. The van der Waals surface area contributed by atoms with Gasteiger partial charge in [0.15, 0.2) is 0 Å². The van der Waals surface area contributed by atoms with Crippen LogP contribution < -0.4 is 5.32 Å². The number of benzene rings is 2. The summed E-state index contributed by atoms with van der Waals surface area (Å²) in [6, 6.07) is 18.8. The van der Waals surface area contributed by atoms with Gasteiger partial charge >= 0.3 is 0 Å². The monoisotopic (exact) mass is 437 g/mol. The summed E-state index contributed by atoms with van der Waals surface area (Å²) in [5.41, 5.74) is 3.40. The van der Waals surface area contributed by atoms with Crippen LogP contribution in [0.25, 0.3) is 0 Å². The van der Waals surface area contributed by atoms with Crippen LogP contribution in [0.1, 0.15) is 35.6 Å². The second kappa shape index (κ2) is 11.1. The quantitative estimate of drug-likeness (QED) is 0.598. The highest BCUT2D eigenvalue weighted by Gasteiger charge is 2.26. The SMILES string of the molecule is Cc1ccccc1C(OCC(O)CN1CCN(CC(=O)NC2CC2)CC1)c1ccccc1. The first-order valence-electron chi connectivity index (χ1n) is 11.7. The number of aliphatic hydroxyl groups is 1. The minimum atomic E-state index is -0.560. The Kier molecular flexibility index (Phi) is 7.92. The molecule has 0 radical (unpaired) electrons. The highest BCUT2D eigenvalue weighted by molar-refractivity contribution is 5.78. The molecule has 0 spiro atoms. The molecule has 1 aliphatic heterocycles. The summed E-state index contributed by atoms with van der Waals surface area (Å²) in [5, 5.41) is 13.7. The zero-order valence-corrected chi connectivity index (χ0v) is 19.0. The van der Waals surface area contributed by atoms with E-state index in [1.807, 2.05) is 30.3 Å². The smallest absolute Gasteiger partial charge is 0.234 e. The Labute approximate surface area is 191 Å². The molecule has 6 nitrogen and oxygen atoms in total. The predicted molar refractivity (Wildman–Crippen MR) is 125 cm³/mol. The molecule has 1 saturated carbocycles. The standard InChI is InChI=1S/C26H35N3O3/c1-20-7-5-6-10-24(20)26(21-8-3-2-4-9-21)32-19-23(30)17-28-13-15-29(16-14-28)18-25(31)27-22-11-12-22/h2-10,22-23,26,30H,11-19H2,1H3,(H,27,31). The zero-order chi connectivity index (χ0) is 22.3. The number of hydrogen-bond donors (Lipinski definition) is 2. The first-order valence-corrected chi connectivity index (χ1v) is 11.7. The molecule has 2 aliphatic rings. The van der Waals surface area contributed by atoms with E-state index in [9.17, 15) is 9.90 Å². The summed E-state index contributed by atoms with van der Waals surface area (Å²) >= 11 is 0. The molecule has 0 bridgehead atoms. The first-order chi connectivity index (χ1) is 15.6. The number of nitrogens with one attached hydrogen (secondary N) is 1. The van der Waals surface area contributed by atoms with Gasteiger partial charge in [0.05, 0.1) is 19.3 Å². The van der Waals surface area contributed by atoms with E-state index in [4.69, 9.17) is 4.74 Å². The second-order valence-corrected chi connectivity index (χ2v) is 9.05. The average Bonchev–Trinajstić information content (AvgIpc) is 3.61. The van der Waals surface area contributed by atoms with Crippen LogP contribution in [0.3, 0.4) is 0 Å². The zero-order valence-electron chi connectivity index (χ0n) is 19.0. The number of amides is 1. The van der Waals surface area contributed by atoms with Crippen molar-refractivity contribution in [3.05, 3.63) is 71.3 Å². The normalized spacial score (nSPS) is 19.4. The lowest BCUT2D eigenvalue weighted by Crippen LogP contribution is -2.51. The molecule has 1 aliphatic carbocycles. The topological polar surface area (TPSA) is 65.0 Å². The van der Waals surface area contributed by atoms with E-state index in [0.717, 1.165) is 50.1 Å². The summed E-state index contributed by atoms with van der Waals surface area (Å²) in [5.74, 6) is 0.137. The minimum absolute atomic E-state index is 0.137. The molecule has 2 unspecified atom stereocenters. The van der Waals surface area contributed by atoms with E-state index in [2.05, 4.69) is 46.3 Å². The number of aliphatic hydroxyl groups excluding tert-OH is 1. The van der Waals surface area contributed by atoms with Crippen molar-refractivity contribution < 1.29 is 14.6 Å². The van der Waals surface area contributed by atoms with Crippen LogP contribution >= 0.6 is 0 Å². The Morgan fingerprint density at radius 3 is 2.38 bits per heavy atom. The number of rotatable bonds is 10. The molecule has 1 saturated heterocycles. The van der Waals surface area contributed by atoms with Gasteiger partial charge in [0.2, 0.25) is 5.91 Å². The molecule has 1 amide bonds. The Balaban J connectivity index is 1.25. The number of piperazine rings is 1. The van der Waals surface area contributed by atoms with Crippen molar-refractivity contribution in [3.63, 3.8) is 0 Å². The number of carbonyl (C=O) groups excluding carboxylic acids is 1. The molecular weight excluding hydrogens is 402 g/mol. The molecule has 2 atom stereocenters. The van der Waals surface area contributed by atoms with E-state index in [0.29, 0.717) is 19.1 Å². The van der Waals surface area contributed by atoms with Gasteiger partial charge in [-0.15, -0.1) is 0 Å². The van der Waals surface area contributed by atoms with Crippen molar-refractivity contribution >= 4 is 5.91 Å². The van der Waals surface area contributed by atoms with Gasteiger partial charge in [0.1, 0.15) is 6.10 Å². The number of nitrogens with zero attached hydrogens (tertiary/aromatic N) is 2. The average molecular weight is 438 g/mol. The largest absolute Gasteiger partial charge is 0.389 e. The van der Waals surface area contributed by atoms with Crippen LogP contribution in [0.2, 0.25) is 0 Å². The third-order valence-electron chi connectivity index (χ3n) is 6.27. The van der Waals surface area contributed by atoms with E-state index in [1.165, 1.54) is 5.56 Å². The van der Waals surface area contributed by atoms with Crippen LogP contribution in [-0.4, -0.2) is 78.8 Å². The molecule has 6 heteroatoms. The van der Waals surface area contributed by atoms with Gasteiger partial charge in [-0.05, 0) is 36.5 Å². The maximum atomic E-state index is 12.0. The molecular formula is C26H35N3O3. The fraction of sp³-hybridized carbons (Fsp3) is 0.500. The van der Waals surface area contributed by atoms with Crippen molar-refractivity contribution in [1.82, 2.24) is 15.1 Å². The van der Waals surface area contributed by atoms with Crippen molar-refractivity contribution in [2.75, 3.05) is 45.9 Å². The Morgan fingerprint density at radius 2 is 1.69 bits per heavy atom. The molecule has 2 aromatic carbocycles. The number of hydrogen-bond acceptors (Lipinski definition) is 5. The minimum Gasteiger partial charge on any atom is -0.389 e. The Hall–Kier alpha value is -2.25. The van der Waals surface area contributed by atoms with Gasteiger partial charge < -0.3 is 15.2 Å². The summed E-state index contributed by atoms with van der Waals surface area (Å²) in [7, 11) is 0. The Morgan fingerprint density at radius 1 is 1.03 bits per heavy atom. The summed E-state index contributed by atoms with van der Waals surface area (Å²) in [4.78, 5) is 16.5. The van der Waals surface area contributed by atoms with Crippen molar-refractivity contribution in [2.24, 2.45) is 0 Å². The van der Waals surface area contributed by atoms with Crippen molar-refractivity contribution in [2.45, 2.75) is 38.0 Å². The molecule has 4 rings (SSSR count). The molecule has 172 valence electrons. The molecule has 2 N–H and O–H groups in total. The van der Waals surface area contributed by atoms with E-state index in [-0.39, 0.29) is 18.6 Å². The second-order valence-electron chi connectivity index (χ2n) is 9.05. The molecule has 2 aromatic rings. The Bertz CT molecular complexity index is 864. The molecule has 2 fully saturated rings. The number of carbonyl (C=O) groups is 1. The maximum Gasteiger partial charge on any atom is 0.234 e. The van der Waals surface area contributed by atoms with E-state index < -0.39 is 6.10 Å². The van der Waals surface area contributed by atoms with Crippen LogP contribution in [0.4, 0.5) is 0 Å². The molecule has 32 heavy (non-hydrogen) atoms. The molecule has 1 heterocycles. The lowest BCUT2D eigenvalue weighted by atomic mass is 9.97. The van der Waals surface area contributed by atoms with Crippen LogP contribution in [0, 0.1) is 6.92 Å². The van der Waals surface area contributed by atoms with Gasteiger partial charge in [0, 0.05) is 38.8 Å². The number of ether oxygens (including phenoxy) is 1. The van der Waals surface area contributed by atoms with Gasteiger partial charge in [-0.3, -0.25) is 14.6 Å². The first kappa shape index (κ1) is 22.9. The highest BCUT2D eigenvalue weighted by atomic mass is 16.5. The third-order valence-corrected chi connectivity index (χ3v) is 6.27.